The summed E-state index contributed by atoms with van der Waals surface area (Å²) in [5, 5.41) is 13.5. The molecular weight excluding hydrogens is 350 g/mol. The van der Waals surface area contributed by atoms with Crippen LogP contribution in [-0.2, 0) is 4.79 Å². The van der Waals surface area contributed by atoms with Crippen molar-refractivity contribution in [1.82, 2.24) is 15.2 Å². The van der Waals surface area contributed by atoms with Crippen molar-refractivity contribution in [3.63, 3.8) is 0 Å². The second kappa shape index (κ2) is 7.64. The number of hydrogen-bond acceptors (Lipinski definition) is 4. The quantitative estimate of drug-likeness (QED) is 0.781. The minimum absolute atomic E-state index is 0.0686. The fraction of sp³-hybridized carbons (Fsp3) is 0.478. The number of amides is 1. The van der Waals surface area contributed by atoms with E-state index in [0.29, 0.717) is 11.0 Å². The molecule has 1 saturated carbocycles. The Labute approximate surface area is 166 Å². The fourth-order valence-electron chi connectivity index (χ4n) is 4.14. The third-order valence-electron chi connectivity index (χ3n) is 6.39. The maximum atomic E-state index is 12.7. The Balaban J connectivity index is 1.35. The number of piperidine rings is 1. The largest absolute Gasteiger partial charge is 0.374 e. The molecule has 0 radical (unpaired) electrons. The molecule has 28 heavy (non-hydrogen) atoms. The number of benzene rings is 1. The third kappa shape index (κ3) is 3.96. The number of rotatable bonds is 5. The van der Waals surface area contributed by atoms with Crippen LogP contribution >= 0.6 is 0 Å². The molecule has 2 atom stereocenters. The number of aromatic nitrogens is 1. The number of nitrogens with zero attached hydrogens (tertiary/aromatic N) is 2. The Bertz CT molecular complexity index is 835. The molecule has 1 aliphatic heterocycles. The highest BCUT2D eigenvalue weighted by atomic mass is 16.3. The third-order valence-corrected chi connectivity index (χ3v) is 6.39. The second-order valence-corrected chi connectivity index (χ2v) is 8.41. The fourth-order valence-corrected chi connectivity index (χ4v) is 4.14. The maximum Gasteiger partial charge on any atom is 0.239 e. The molecule has 0 bridgehead atoms. The molecular formula is C23H29N3O2. The average molecular weight is 380 g/mol. The van der Waals surface area contributed by atoms with Crippen LogP contribution in [0.2, 0.25) is 0 Å². The zero-order valence-corrected chi connectivity index (χ0v) is 16.7. The topological polar surface area (TPSA) is 65.5 Å². The first-order valence-electron chi connectivity index (χ1n) is 10.2. The molecule has 1 spiro atoms. The Kier molecular flexibility index (Phi) is 5.21. The van der Waals surface area contributed by atoms with Crippen LogP contribution in [-0.4, -0.2) is 40.0 Å². The summed E-state index contributed by atoms with van der Waals surface area (Å²) in [4.78, 5) is 19.1. The molecule has 1 aliphatic carbocycles. The van der Waals surface area contributed by atoms with E-state index in [0.717, 1.165) is 42.8 Å². The smallest absolute Gasteiger partial charge is 0.239 e. The average Bonchev–Trinajstić information content (AvgIpc) is 3.47. The van der Waals surface area contributed by atoms with Crippen LogP contribution in [0.3, 0.4) is 0 Å². The van der Waals surface area contributed by atoms with Gasteiger partial charge in [0.25, 0.3) is 0 Å². The summed E-state index contributed by atoms with van der Waals surface area (Å²) in [7, 11) is 0. The number of aryl methyl sites for hydroxylation is 1. The lowest BCUT2D eigenvalue weighted by atomic mass is 9.93. The van der Waals surface area contributed by atoms with Crippen LogP contribution in [0.15, 0.2) is 42.6 Å². The van der Waals surface area contributed by atoms with Crippen molar-refractivity contribution in [2.75, 3.05) is 13.1 Å². The molecule has 2 fully saturated rings. The standard InChI is InChI=1S/C23H29N3O2/c1-16-5-3-4-6-19(16)20-8-7-18(15-24-20)21(27)25-17(2)22(28)26-13-11-23(9-10-23)12-14-26/h3-8,15,17,21,25,27H,9-14H2,1-2H3. The highest BCUT2D eigenvalue weighted by molar-refractivity contribution is 5.81. The minimum Gasteiger partial charge on any atom is -0.374 e. The van der Waals surface area contributed by atoms with Gasteiger partial charge in [0, 0.05) is 30.4 Å². The van der Waals surface area contributed by atoms with Crippen LogP contribution in [0.1, 0.15) is 50.0 Å². The van der Waals surface area contributed by atoms with E-state index in [1.165, 1.54) is 12.8 Å². The maximum absolute atomic E-state index is 12.7. The van der Waals surface area contributed by atoms with Gasteiger partial charge in [-0.25, -0.2) is 0 Å². The van der Waals surface area contributed by atoms with E-state index in [2.05, 4.69) is 23.3 Å². The van der Waals surface area contributed by atoms with E-state index in [1.807, 2.05) is 42.2 Å². The number of nitrogens with one attached hydrogen (secondary N) is 1. The van der Waals surface area contributed by atoms with E-state index in [9.17, 15) is 9.90 Å². The van der Waals surface area contributed by atoms with Crippen molar-refractivity contribution in [1.29, 1.82) is 0 Å². The molecule has 148 valence electrons. The molecule has 4 rings (SSSR count). The summed E-state index contributed by atoms with van der Waals surface area (Å²) in [5.41, 5.74) is 4.33. The molecule has 5 heteroatoms. The van der Waals surface area contributed by atoms with Crippen molar-refractivity contribution in [3.05, 3.63) is 53.7 Å². The predicted octanol–water partition coefficient (Wildman–Crippen LogP) is 3.43. The molecule has 2 aromatic rings. The number of hydrogen-bond donors (Lipinski definition) is 2. The van der Waals surface area contributed by atoms with Gasteiger partial charge in [0.15, 0.2) is 0 Å². The van der Waals surface area contributed by atoms with Crippen molar-refractivity contribution in [3.8, 4) is 11.3 Å². The van der Waals surface area contributed by atoms with E-state index >= 15 is 0 Å². The number of carbonyl (C=O) groups is 1. The number of aliphatic hydroxyl groups excluding tert-OH is 1. The SMILES string of the molecule is Cc1ccccc1-c1ccc(C(O)NC(C)C(=O)N2CCC3(CC2)CC3)cn1. The van der Waals surface area contributed by atoms with Gasteiger partial charge in [-0.1, -0.05) is 30.3 Å². The van der Waals surface area contributed by atoms with Crippen molar-refractivity contribution in [2.24, 2.45) is 5.41 Å². The lowest BCUT2D eigenvalue weighted by Crippen LogP contribution is -2.49. The zero-order valence-electron chi connectivity index (χ0n) is 16.7. The van der Waals surface area contributed by atoms with Gasteiger partial charge in [0.1, 0.15) is 6.23 Å². The van der Waals surface area contributed by atoms with Gasteiger partial charge in [-0.3, -0.25) is 15.1 Å². The Morgan fingerprint density at radius 3 is 2.46 bits per heavy atom. The summed E-state index contributed by atoms with van der Waals surface area (Å²) >= 11 is 0. The van der Waals surface area contributed by atoms with Gasteiger partial charge in [0.05, 0.1) is 11.7 Å². The molecule has 2 unspecified atom stereocenters. The molecule has 2 aliphatic rings. The normalized spacial score (nSPS) is 20.0. The Morgan fingerprint density at radius 2 is 1.86 bits per heavy atom. The van der Waals surface area contributed by atoms with Crippen LogP contribution in [0.25, 0.3) is 11.3 Å². The molecule has 5 nitrogen and oxygen atoms in total. The first kappa shape index (κ1) is 19.1. The summed E-state index contributed by atoms with van der Waals surface area (Å²) in [6.07, 6.45) is 5.65. The number of likely N-dealkylation sites (tertiary alicyclic amines) is 1. The molecule has 1 saturated heterocycles. The Hall–Kier alpha value is -2.24. The summed E-state index contributed by atoms with van der Waals surface area (Å²) < 4.78 is 0. The zero-order chi connectivity index (χ0) is 19.7. The first-order chi connectivity index (χ1) is 13.5. The van der Waals surface area contributed by atoms with Gasteiger partial charge in [0.2, 0.25) is 5.91 Å². The van der Waals surface area contributed by atoms with E-state index in [4.69, 9.17) is 0 Å². The second-order valence-electron chi connectivity index (χ2n) is 8.41. The van der Waals surface area contributed by atoms with Crippen LogP contribution in [0.4, 0.5) is 0 Å². The Morgan fingerprint density at radius 1 is 1.14 bits per heavy atom. The number of pyridine rings is 1. The molecule has 2 N–H and O–H groups in total. The molecule has 1 aromatic carbocycles. The van der Waals surface area contributed by atoms with Crippen molar-refractivity contribution in [2.45, 2.75) is 51.8 Å². The lowest BCUT2D eigenvalue weighted by Gasteiger charge is -2.34. The molecule has 2 heterocycles. The number of carbonyl (C=O) groups excluding carboxylic acids is 1. The lowest BCUT2D eigenvalue weighted by molar-refractivity contribution is -0.135. The van der Waals surface area contributed by atoms with Crippen molar-refractivity contribution >= 4 is 5.91 Å². The van der Waals surface area contributed by atoms with Crippen LogP contribution in [0, 0.1) is 12.3 Å². The predicted molar refractivity (Wildman–Crippen MR) is 109 cm³/mol. The van der Waals surface area contributed by atoms with Gasteiger partial charge in [-0.2, -0.15) is 0 Å². The highest BCUT2D eigenvalue weighted by Crippen LogP contribution is 2.53. The monoisotopic (exact) mass is 379 g/mol. The molecule has 1 aromatic heterocycles. The molecule has 1 amide bonds. The van der Waals surface area contributed by atoms with Crippen molar-refractivity contribution < 1.29 is 9.90 Å². The van der Waals surface area contributed by atoms with Gasteiger partial charge < -0.3 is 10.0 Å². The summed E-state index contributed by atoms with van der Waals surface area (Å²) in [6, 6.07) is 11.4. The van der Waals surface area contributed by atoms with E-state index in [1.54, 1.807) is 6.20 Å². The number of aliphatic hydroxyl groups is 1. The van der Waals surface area contributed by atoms with Crippen LogP contribution in [0.5, 0.6) is 0 Å². The van der Waals surface area contributed by atoms with E-state index in [-0.39, 0.29) is 5.91 Å². The van der Waals surface area contributed by atoms with Gasteiger partial charge in [-0.15, -0.1) is 0 Å². The van der Waals surface area contributed by atoms with Crippen LogP contribution < -0.4 is 5.32 Å². The van der Waals surface area contributed by atoms with Gasteiger partial charge >= 0.3 is 0 Å². The summed E-state index contributed by atoms with van der Waals surface area (Å²) in [6.45, 7) is 5.56. The minimum atomic E-state index is -0.920. The first-order valence-corrected chi connectivity index (χ1v) is 10.2. The highest BCUT2D eigenvalue weighted by Gasteiger charge is 2.45. The summed E-state index contributed by atoms with van der Waals surface area (Å²) in [5.74, 6) is 0.0686. The van der Waals surface area contributed by atoms with Gasteiger partial charge in [-0.05, 0) is 56.6 Å². The van der Waals surface area contributed by atoms with E-state index < -0.39 is 12.3 Å².